The summed E-state index contributed by atoms with van der Waals surface area (Å²) in [4.78, 5) is 3.91. The molecule has 2 N–H and O–H groups in total. The molecule has 12 heavy (non-hydrogen) atoms. The quantitative estimate of drug-likeness (QED) is 0.741. The van der Waals surface area contributed by atoms with Crippen molar-refractivity contribution in [3.8, 4) is 0 Å². The fraction of sp³-hybridized carbons (Fsp3) is 0.714. The van der Waals surface area contributed by atoms with Gasteiger partial charge >= 0.3 is 0 Å². The van der Waals surface area contributed by atoms with E-state index >= 15 is 0 Å². The molecule has 1 unspecified atom stereocenters. The fourth-order valence-electron chi connectivity index (χ4n) is 0.675. The van der Waals surface area contributed by atoms with Crippen LogP contribution in [-0.2, 0) is 5.75 Å². The van der Waals surface area contributed by atoms with E-state index in [1.807, 2.05) is 0 Å². The van der Waals surface area contributed by atoms with Crippen LogP contribution in [0.1, 0.15) is 12.7 Å². The highest BCUT2D eigenvalue weighted by Crippen LogP contribution is 2.11. The molecular formula is C7H13N3OS. The Hall–Kier alpha value is -0.550. The molecule has 1 rings (SSSR count). The zero-order chi connectivity index (χ0) is 8.81. The van der Waals surface area contributed by atoms with Crippen LogP contribution in [0.5, 0.6) is 0 Å². The van der Waals surface area contributed by atoms with Gasteiger partial charge in [0.25, 0.3) is 0 Å². The van der Waals surface area contributed by atoms with Crippen molar-refractivity contribution in [3.05, 3.63) is 12.2 Å². The van der Waals surface area contributed by atoms with Crippen LogP contribution in [0.3, 0.4) is 0 Å². The van der Waals surface area contributed by atoms with Crippen molar-refractivity contribution in [2.24, 2.45) is 11.7 Å². The van der Waals surface area contributed by atoms with Crippen molar-refractivity contribution in [1.29, 1.82) is 0 Å². The summed E-state index contributed by atoms with van der Waals surface area (Å²) in [6, 6.07) is 0. The SMILES string of the molecule is CC(CN)CSCc1ncon1. The van der Waals surface area contributed by atoms with Crippen molar-refractivity contribution in [2.75, 3.05) is 12.3 Å². The van der Waals surface area contributed by atoms with Crippen LogP contribution >= 0.6 is 11.8 Å². The van der Waals surface area contributed by atoms with E-state index in [9.17, 15) is 0 Å². The lowest BCUT2D eigenvalue weighted by Crippen LogP contribution is -2.12. The first-order valence-electron chi connectivity index (χ1n) is 3.86. The van der Waals surface area contributed by atoms with E-state index in [-0.39, 0.29) is 0 Å². The van der Waals surface area contributed by atoms with Gasteiger partial charge in [-0.05, 0) is 18.2 Å². The Bertz CT molecular complexity index is 202. The number of hydrogen-bond acceptors (Lipinski definition) is 5. The predicted octanol–water partition coefficient (Wildman–Crippen LogP) is 0.898. The highest BCUT2D eigenvalue weighted by atomic mass is 32.2. The Labute approximate surface area is 75.9 Å². The third-order valence-electron chi connectivity index (χ3n) is 1.44. The van der Waals surface area contributed by atoms with Crippen LogP contribution in [0.2, 0.25) is 0 Å². The smallest absolute Gasteiger partial charge is 0.213 e. The molecule has 0 saturated carbocycles. The highest BCUT2D eigenvalue weighted by molar-refractivity contribution is 7.98. The van der Waals surface area contributed by atoms with E-state index in [4.69, 9.17) is 5.73 Å². The Morgan fingerprint density at radius 2 is 2.58 bits per heavy atom. The van der Waals surface area contributed by atoms with Crippen LogP contribution < -0.4 is 5.73 Å². The second-order valence-corrected chi connectivity index (χ2v) is 3.73. The molecule has 5 heteroatoms. The minimum absolute atomic E-state index is 0.557. The summed E-state index contributed by atoms with van der Waals surface area (Å²) in [5.41, 5.74) is 5.47. The van der Waals surface area contributed by atoms with Crippen LogP contribution in [0, 0.1) is 5.92 Å². The van der Waals surface area contributed by atoms with Gasteiger partial charge in [-0.25, -0.2) is 0 Å². The van der Waals surface area contributed by atoms with E-state index in [2.05, 4.69) is 21.6 Å². The molecule has 1 atom stereocenters. The number of hydrogen-bond donors (Lipinski definition) is 1. The lowest BCUT2D eigenvalue weighted by Gasteiger charge is -2.05. The molecule has 1 aromatic rings. The molecule has 0 aromatic carbocycles. The zero-order valence-electron chi connectivity index (χ0n) is 7.06. The Morgan fingerprint density at radius 3 is 3.17 bits per heavy atom. The molecule has 4 nitrogen and oxygen atoms in total. The monoisotopic (exact) mass is 187 g/mol. The maximum absolute atomic E-state index is 5.47. The largest absolute Gasteiger partial charge is 0.343 e. The Kier molecular flexibility index (Phi) is 4.10. The summed E-state index contributed by atoms with van der Waals surface area (Å²) in [5.74, 6) is 3.16. The molecule has 0 bridgehead atoms. The number of nitrogens with zero attached hydrogens (tertiary/aromatic N) is 2. The molecule has 0 aliphatic rings. The van der Waals surface area contributed by atoms with Gasteiger partial charge in [0.1, 0.15) is 0 Å². The number of nitrogens with two attached hydrogens (primary N) is 1. The molecule has 0 aliphatic carbocycles. The van der Waals surface area contributed by atoms with Crippen molar-refractivity contribution in [2.45, 2.75) is 12.7 Å². The third kappa shape index (κ3) is 3.23. The van der Waals surface area contributed by atoms with Gasteiger partial charge in [0.2, 0.25) is 6.39 Å². The van der Waals surface area contributed by atoms with E-state index in [0.717, 1.165) is 23.9 Å². The molecule has 0 spiro atoms. The number of thioether (sulfide) groups is 1. The minimum atomic E-state index is 0.557. The van der Waals surface area contributed by atoms with Gasteiger partial charge in [0.05, 0.1) is 5.75 Å². The van der Waals surface area contributed by atoms with Gasteiger partial charge in [-0.1, -0.05) is 12.1 Å². The predicted molar refractivity (Wildman–Crippen MR) is 48.7 cm³/mol. The minimum Gasteiger partial charge on any atom is -0.343 e. The lowest BCUT2D eigenvalue weighted by molar-refractivity contribution is 0.412. The maximum Gasteiger partial charge on any atom is 0.213 e. The van der Waals surface area contributed by atoms with Crippen molar-refractivity contribution in [1.82, 2.24) is 10.1 Å². The zero-order valence-corrected chi connectivity index (χ0v) is 7.88. The van der Waals surface area contributed by atoms with Crippen molar-refractivity contribution >= 4 is 11.8 Å². The summed E-state index contributed by atoms with van der Waals surface area (Å²) in [5, 5.41) is 3.70. The average molecular weight is 187 g/mol. The lowest BCUT2D eigenvalue weighted by atomic mass is 10.2. The summed E-state index contributed by atoms with van der Waals surface area (Å²) < 4.78 is 4.60. The Morgan fingerprint density at radius 1 is 1.75 bits per heavy atom. The maximum atomic E-state index is 5.47. The second kappa shape index (κ2) is 5.16. The molecule has 1 aromatic heterocycles. The first-order chi connectivity index (χ1) is 5.83. The van der Waals surface area contributed by atoms with Gasteiger partial charge in [-0.2, -0.15) is 16.7 Å². The topological polar surface area (TPSA) is 64.9 Å². The summed E-state index contributed by atoms with van der Waals surface area (Å²) >= 11 is 1.78. The van der Waals surface area contributed by atoms with Gasteiger partial charge < -0.3 is 10.3 Å². The van der Waals surface area contributed by atoms with Gasteiger partial charge in [-0.3, -0.25) is 0 Å². The summed E-state index contributed by atoms with van der Waals surface area (Å²) in [6.45, 7) is 2.86. The summed E-state index contributed by atoms with van der Waals surface area (Å²) in [6.07, 6.45) is 1.35. The van der Waals surface area contributed by atoms with Crippen LogP contribution in [-0.4, -0.2) is 22.4 Å². The first kappa shape index (κ1) is 9.54. The average Bonchev–Trinajstić information content (AvgIpc) is 2.57. The van der Waals surface area contributed by atoms with Gasteiger partial charge in [0.15, 0.2) is 5.82 Å². The molecule has 0 fully saturated rings. The fourth-order valence-corrected chi connectivity index (χ4v) is 1.64. The Balaban J connectivity index is 2.11. The highest BCUT2D eigenvalue weighted by Gasteiger charge is 2.01. The second-order valence-electron chi connectivity index (χ2n) is 2.70. The molecule has 0 amide bonds. The number of rotatable bonds is 5. The summed E-state index contributed by atoms with van der Waals surface area (Å²) in [7, 11) is 0. The molecule has 1 heterocycles. The van der Waals surface area contributed by atoms with Crippen LogP contribution in [0.15, 0.2) is 10.9 Å². The van der Waals surface area contributed by atoms with E-state index in [1.165, 1.54) is 6.39 Å². The van der Waals surface area contributed by atoms with E-state index < -0.39 is 0 Å². The van der Waals surface area contributed by atoms with Crippen LogP contribution in [0.4, 0.5) is 0 Å². The molecule has 0 saturated heterocycles. The van der Waals surface area contributed by atoms with Gasteiger partial charge in [0, 0.05) is 0 Å². The molecule has 68 valence electrons. The van der Waals surface area contributed by atoms with E-state index in [1.54, 1.807) is 11.8 Å². The third-order valence-corrected chi connectivity index (χ3v) is 2.71. The molecule has 0 aliphatic heterocycles. The first-order valence-corrected chi connectivity index (χ1v) is 5.01. The normalized spacial score (nSPS) is 13.2. The number of aromatic nitrogens is 2. The van der Waals surface area contributed by atoms with E-state index in [0.29, 0.717) is 5.92 Å². The van der Waals surface area contributed by atoms with Crippen LogP contribution in [0.25, 0.3) is 0 Å². The van der Waals surface area contributed by atoms with Crippen molar-refractivity contribution in [3.63, 3.8) is 0 Å². The molecular weight excluding hydrogens is 174 g/mol. The van der Waals surface area contributed by atoms with Gasteiger partial charge in [-0.15, -0.1) is 0 Å². The molecule has 0 radical (unpaired) electrons. The standard InChI is InChI=1S/C7H13N3OS/c1-6(2-8)3-12-4-7-9-5-11-10-7/h5-6H,2-4,8H2,1H3. The van der Waals surface area contributed by atoms with Crippen molar-refractivity contribution < 1.29 is 4.52 Å².